The number of phenols is 1. The van der Waals surface area contributed by atoms with Crippen molar-refractivity contribution in [1.29, 1.82) is 0 Å². The summed E-state index contributed by atoms with van der Waals surface area (Å²) in [5.74, 6) is -14.0. The first kappa shape index (κ1) is 34.9. The number of fused-ring (bicyclic) bond motifs is 3. The van der Waals surface area contributed by atoms with Crippen LogP contribution in [-0.4, -0.2) is 61.4 Å². The number of benzene rings is 2. The van der Waals surface area contributed by atoms with Crippen LogP contribution in [0.25, 0.3) is 16.9 Å². The van der Waals surface area contributed by atoms with E-state index in [9.17, 15) is 57.6 Å². The summed E-state index contributed by atoms with van der Waals surface area (Å²) in [7, 11) is 0. The number of phenolic OH excluding ortho intramolecular Hbond substituents is 1. The fourth-order valence-corrected chi connectivity index (χ4v) is 8.52. The van der Waals surface area contributed by atoms with Crippen molar-refractivity contribution in [2.45, 2.75) is 57.7 Å². The quantitative estimate of drug-likeness (QED) is 0.236. The molecule has 2 aromatic carbocycles. The number of alkyl halides is 3. The van der Waals surface area contributed by atoms with Crippen LogP contribution in [0.3, 0.4) is 0 Å². The monoisotopic (exact) mass is 696 g/mol. The number of ketones is 3. The number of carbonyl (C=O) groups is 5. The molecule has 6 rings (SSSR count). The average molecular weight is 697 g/mol. The zero-order valence-corrected chi connectivity index (χ0v) is 27.0. The van der Waals surface area contributed by atoms with Gasteiger partial charge in [-0.25, -0.2) is 0 Å². The van der Waals surface area contributed by atoms with Crippen LogP contribution >= 0.6 is 0 Å². The Morgan fingerprint density at radius 3 is 2.22 bits per heavy atom. The topological polar surface area (TPSA) is 204 Å². The van der Waals surface area contributed by atoms with E-state index in [1.807, 2.05) is 0 Å². The minimum Gasteiger partial charge on any atom is -0.508 e. The molecule has 2 aromatic rings. The van der Waals surface area contributed by atoms with Gasteiger partial charge in [-0.15, -0.1) is 0 Å². The van der Waals surface area contributed by atoms with E-state index < -0.39 is 93.5 Å². The number of aliphatic hydroxyl groups is 3. The maximum atomic E-state index is 14.1. The number of primary amides is 1. The Bertz CT molecular complexity index is 1910. The molecule has 0 spiro atoms. The van der Waals surface area contributed by atoms with E-state index in [0.717, 1.165) is 0 Å². The Hall–Kier alpha value is -4.98. The number of rotatable bonds is 6. The normalized spacial score (nSPS) is 27.9. The lowest BCUT2D eigenvalue weighted by atomic mass is 9.54. The van der Waals surface area contributed by atoms with Crippen LogP contribution in [0.1, 0.15) is 50.7 Å². The molecule has 2 amide bonds. The number of anilines is 1. The van der Waals surface area contributed by atoms with Crippen molar-refractivity contribution in [1.82, 2.24) is 0 Å². The minimum atomic E-state index is -5.04. The molecule has 2 unspecified atom stereocenters. The maximum Gasteiger partial charge on any atom is 0.450 e. The van der Waals surface area contributed by atoms with Gasteiger partial charge in [0.25, 0.3) is 5.91 Å². The standard InChI is InChI=1S/C36H35F3N2O9/c1-14(2)24-22-13-16-12-21-18(15-6-8-17(9-7-15)41-34(49)20-5-3-4-19(20)30(45)36(37,38)39)10-11-23(42)26(21)29(44)25(16)31(46)35(22,50)32(47)27(28(24)43)33(40)48/h6-11,14,16,19-20,22,24,42,44,47,50H,3-5,12-13H2,1-2H3,(H2,40,48)(H,41,49)/t16-,19?,20?,22-,24-,35-/m0/s1. The molecule has 0 bridgehead atoms. The summed E-state index contributed by atoms with van der Waals surface area (Å²) in [6.45, 7) is 3.34. The molecule has 4 aliphatic carbocycles. The minimum absolute atomic E-state index is 0.0301. The number of nitrogens with one attached hydrogen (secondary N) is 1. The Balaban J connectivity index is 1.34. The molecule has 50 heavy (non-hydrogen) atoms. The predicted octanol–water partition coefficient (Wildman–Crippen LogP) is 4.46. The number of nitrogens with two attached hydrogens (primary N) is 1. The molecule has 264 valence electrons. The van der Waals surface area contributed by atoms with Crippen molar-refractivity contribution in [3.8, 4) is 16.9 Å². The van der Waals surface area contributed by atoms with Crippen molar-refractivity contribution in [3.63, 3.8) is 0 Å². The average Bonchev–Trinajstić information content (AvgIpc) is 3.52. The molecular weight excluding hydrogens is 661 g/mol. The van der Waals surface area contributed by atoms with E-state index in [2.05, 4.69) is 5.32 Å². The Morgan fingerprint density at radius 2 is 1.62 bits per heavy atom. The highest BCUT2D eigenvalue weighted by atomic mass is 19.4. The van der Waals surface area contributed by atoms with Crippen molar-refractivity contribution in [2.75, 3.05) is 5.32 Å². The third-order valence-electron chi connectivity index (χ3n) is 10.8. The van der Waals surface area contributed by atoms with E-state index in [4.69, 9.17) is 5.73 Å². The second kappa shape index (κ2) is 12.1. The SMILES string of the molecule is CC(C)[C@@H]1C(=O)C(C(N)=O)=C(O)[C@@]2(O)C(=O)C3=C(O)c4c(O)ccc(-c5ccc(NC(=O)C6CCCC6C(=O)C(F)(F)F)cc5)c4C[C@H]3C[C@@H]12. The third-order valence-corrected chi connectivity index (χ3v) is 10.8. The molecule has 14 heteroatoms. The van der Waals surface area contributed by atoms with Crippen LogP contribution in [0.15, 0.2) is 53.3 Å². The highest BCUT2D eigenvalue weighted by Crippen LogP contribution is 2.55. The molecule has 2 fully saturated rings. The summed E-state index contributed by atoms with van der Waals surface area (Å²) in [4.78, 5) is 64.4. The number of aromatic hydroxyl groups is 1. The summed E-state index contributed by atoms with van der Waals surface area (Å²) in [6.07, 6.45) is -4.59. The summed E-state index contributed by atoms with van der Waals surface area (Å²) in [5.41, 5.74) is 3.21. The molecule has 4 aliphatic rings. The fourth-order valence-electron chi connectivity index (χ4n) is 8.52. The molecule has 7 N–H and O–H groups in total. The number of hydrogen-bond acceptors (Lipinski definition) is 9. The zero-order chi connectivity index (χ0) is 36.6. The van der Waals surface area contributed by atoms with Crippen molar-refractivity contribution < 1.29 is 57.6 Å². The lowest BCUT2D eigenvalue weighted by molar-refractivity contribution is -0.177. The van der Waals surface area contributed by atoms with Crippen LogP contribution in [0, 0.1) is 35.5 Å². The molecule has 0 aliphatic heterocycles. The second-order valence-corrected chi connectivity index (χ2v) is 13.9. The van der Waals surface area contributed by atoms with E-state index in [1.54, 1.807) is 32.0 Å². The van der Waals surface area contributed by atoms with E-state index in [-0.39, 0.29) is 48.3 Å². The first-order chi connectivity index (χ1) is 23.4. The summed E-state index contributed by atoms with van der Waals surface area (Å²) in [6, 6.07) is 9.13. The number of halogens is 3. The number of Topliss-reactive ketones (excluding diaryl/α,β-unsaturated/α-hetero) is 3. The maximum absolute atomic E-state index is 14.1. The van der Waals surface area contributed by atoms with Gasteiger partial charge in [-0.05, 0) is 72.4 Å². The van der Waals surface area contributed by atoms with Gasteiger partial charge in [0.15, 0.2) is 11.4 Å². The molecular formula is C36H35F3N2O9. The molecule has 0 heterocycles. The lowest BCUT2D eigenvalue weighted by Crippen LogP contribution is -2.62. The van der Waals surface area contributed by atoms with Gasteiger partial charge < -0.3 is 31.5 Å². The number of amides is 2. The Kier molecular flexibility index (Phi) is 8.44. The van der Waals surface area contributed by atoms with E-state index in [1.165, 1.54) is 18.2 Å². The van der Waals surface area contributed by atoms with Crippen LogP contribution < -0.4 is 11.1 Å². The summed E-state index contributed by atoms with van der Waals surface area (Å²) >= 11 is 0. The number of carbonyl (C=O) groups excluding carboxylic acids is 5. The molecule has 6 atom stereocenters. The largest absolute Gasteiger partial charge is 0.508 e. The smallest absolute Gasteiger partial charge is 0.450 e. The van der Waals surface area contributed by atoms with Gasteiger partial charge in [-0.1, -0.05) is 38.5 Å². The van der Waals surface area contributed by atoms with Crippen molar-refractivity contribution in [3.05, 3.63) is 64.4 Å². The van der Waals surface area contributed by atoms with Gasteiger partial charge in [0.2, 0.25) is 17.5 Å². The van der Waals surface area contributed by atoms with Crippen LogP contribution in [-0.2, 0) is 30.4 Å². The molecule has 11 nitrogen and oxygen atoms in total. The molecule has 0 aromatic heterocycles. The van der Waals surface area contributed by atoms with Gasteiger partial charge in [-0.3, -0.25) is 24.0 Å². The predicted molar refractivity (Wildman–Crippen MR) is 171 cm³/mol. The van der Waals surface area contributed by atoms with Gasteiger partial charge in [0.05, 0.1) is 5.56 Å². The first-order valence-electron chi connectivity index (χ1n) is 16.2. The van der Waals surface area contributed by atoms with Gasteiger partial charge in [0, 0.05) is 34.9 Å². The fraction of sp³-hybridized carbons (Fsp3) is 0.417. The Morgan fingerprint density at radius 1 is 0.980 bits per heavy atom. The molecule has 0 radical (unpaired) electrons. The lowest BCUT2D eigenvalue weighted by Gasteiger charge is -2.50. The van der Waals surface area contributed by atoms with E-state index >= 15 is 0 Å². The van der Waals surface area contributed by atoms with Gasteiger partial charge in [0.1, 0.15) is 22.8 Å². The second-order valence-electron chi connectivity index (χ2n) is 13.9. The van der Waals surface area contributed by atoms with Crippen molar-refractivity contribution >= 4 is 40.6 Å². The van der Waals surface area contributed by atoms with Crippen LogP contribution in [0.5, 0.6) is 5.75 Å². The van der Waals surface area contributed by atoms with E-state index in [0.29, 0.717) is 23.1 Å². The zero-order valence-electron chi connectivity index (χ0n) is 27.0. The van der Waals surface area contributed by atoms with Crippen LogP contribution in [0.4, 0.5) is 18.9 Å². The van der Waals surface area contributed by atoms with Crippen molar-refractivity contribution in [2.24, 2.45) is 41.2 Å². The summed E-state index contributed by atoms with van der Waals surface area (Å²) in [5, 5.41) is 47.8. The van der Waals surface area contributed by atoms with Gasteiger partial charge in [-0.2, -0.15) is 13.2 Å². The van der Waals surface area contributed by atoms with Gasteiger partial charge >= 0.3 is 6.18 Å². The number of aliphatic hydroxyl groups excluding tert-OH is 2. The summed E-state index contributed by atoms with van der Waals surface area (Å²) < 4.78 is 39.2. The number of hydrogen-bond donors (Lipinski definition) is 6. The highest BCUT2D eigenvalue weighted by Gasteiger charge is 2.64. The highest BCUT2D eigenvalue weighted by molar-refractivity contribution is 6.23. The molecule has 2 saturated carbocycles. The molecule has 0 saturated heterocycles. The first-order valence-corrected chi connectivity index (χ1v) is 16.2. The Labute approximate surface area is 283 Å². The third kappa shape index (κ3) is 5.27. The van der Waals surface area contributed by atoms with Crippen LogP contribution in [0.2, 0.25) is 0 Å².